The van der Waals surface area contributed by atoms with Crippen LogP contribution in [0.1, 0.15) is 37.8 Å². The minimum atomic E-state index is 0.227. The number of rotatable bonds is 6. The van der Waals surface area contributed by atoms with Crippen molar-refractivity contribution in [2.45, 2.75) is 32.2 Å². The summed E-state index contributed by atoms with van der Waals surface area (Å²) in [5, 5.41) is 3.17. The maximum atomic E-state index is 12.1. The summed E-state index contributed by atoms with van der Waals surface area (Å²) < 4.78 is 5.24. The van der Waals surface area contributed by atoms with Crippen LogP contribution >= 0.6 is 0 Å². The fraction of sp³-hybridized carbons (Fsp3) is 0.611. The lowest BCUT2D eigenvalue weighted by Crippen LogP contribution is -2.37. The van der Waals surface area contributed by atoms with Gasteiger partial charge in [-0.25, -0.2) is 0 Å². The zero-order valence-electron chi connectivity index (χ0n) is 13.5. The summed E-state index contributed by atoms with van der Waals surface area (Å²) in [7, 11) is 1.68. The molecule has 2 aliphatic rings. The largest absolute Gasteiger partial charge is 0.497 e. The third kappa shape index (κ3) is 3.43. The van der Waals surface area contributed by atoms with Crippen molar-refractivity contribution in [2.24, 2.45) is 11.8 Å². The van der Waals surface area contributed by atoms with Gasteiger partial charge >= 0.3 is 0 Å². The number of amides is 1. The van der Waals surface area contributed by atoms with Gasteiger partial charge in [-0.2, -0.15) is 0 Å². The van der Waals surface area contributed by atoms with Crippen molar-refractivity contribution in [1.29, 1.82) is 0 Å². The smallest absolute Gasteiger partial charge is 0.223 e. The van der Waals surface area contributed by atoms with Gasteiger partial charge in [-0.1, -0.05) is 19.1 Å². The minimum absolute atomic E-state index is 0.227. The van der Waals surface area contributed by atoms with Crippen LogP contribution in [0.5, 0.6) is 5.75 Å². The fourth-order valence-corrected chi connectivity index (χ4v) is 3.35. The molecule has 1 saturated carbocycles. The second-order valence-corrected chi connectivity index (χ2v) is 6.60. The molecule has 1 aliphatic carbocycles. The number of nitrogens with one attached hydrogen (secondary N) is 1. The van der Waals surface area contributed by atoms with Gasteiger partial charge in [-0.15, -0.1) is 0 Å². The molecular formula is C18H26N2O2. The lowest BCUT2D eigenvalue weighted by atomic mass is 10.0. The monoisotopic (exact) mass is 302 g/mol. The Morgan fingerprint density at radius 2 is 1.95 bits per heavy atom. The van der Waals surface area contributed by atoms with Gasteiger partial charge in [0.1, 0.15) is 5.75 Å². The van der Waals surface area contributed by atoms with E-state index >= 15 is 0 Å². The van der Waals surface area contributed by atoms with E-state index in [1.165, 1.54) is 18.4 Å². The van der Waals surface area contributed by atoms with E-state index in [0.717, 1.165) is 25.3 Å². The molecule has 3 atom stereocenters. The number of carbonyl (C=O) groups is 1. The number of hydrogen-bond donors (Lipinski definition) is 1. The second kappa shape index (κ2) is 6.69. The van der Waals surface area contributed by atoms with E-state index in [9.17, 15) is 4.79 Å². The molecule has 4 heteroatoms. The van der Waals surface area contributed by atoms with Crippen LogP contribution in [0.2, 0.25) is 0 Å². The number of carbonyl (C=O) groups excluding carboxylic acids is 1. The lowest BCUT2D eigenvalue weighted by Gasteiger charge is -2.28. The number of likely N-dealkylation sites (tertiary alicyclic amines) is 1. The van der Waals surface area contributed by atoms with Gasteiger partial charge in [0.15, 0.2) is 0 Å². The molecule has 2 fully saturated rings. The normalized spacial score (nSPS) is 25.7. The molecule has 1 aromatic carbocycles. The highest BCUT2D eigenvalue weighted by atomic mass is 16.5. The Morgan fingerprint density at radius 3 is 2.50 bits per heavy atom. The van der Waals surface area contributed by atoms with E-state index in [1.807, 2.05) is 12.1 Å². The van der Waals surface area contributed by atoms with Crippen LogP contribution in [0.3, 0.4) is 0 Å². The molecule has 1 aliphatic heterocycles. The van der Waals surface area contributed by atoms with Crippen LogP contribution in [0.25, 0.3) is 0 Å². The maximum absolute atomic E-state index is 12.1. The molecule has 0 aromatic heterocycles. The van der Waals surface area contributed by atoms with Crippen molar-refractivity contribution in [2.75, 3.05) is 26.7 Å². The molecule has 1 aromatic rings. The first-order valence-electron chi connectivity index (χ1n) is 8.34. The quantitative estimate of drug-likeness (QED) is 0.878. The van der Waals surface area contributed by atoms with Crippen LogP contribution in [-0.4, -0.2) is 37.6 Å². The third-order valence-electron chi connectivity index (χ3n) is 5.00. The first-order chi connectivity index (χ1) is 10.7. The molecule has 1 heterocycles. The van der Waals surface area contributed by atoms with Gasteiger partial charge in [0.25, 0.3) is 0 Å². The highest BCUT2D eigenvalue weighted by Gasteiger charge is 2.39. The lowest BCUT2D eigenvalue weighted by molar-refractivity contribution is -0.122. The van der Waals surface area contributed by atoms with E-state index in [4.69, 9.17) is 4.74 Å². The molecule has 3 rings (SSSR count). The third-order valence-corrected chi connectivity index (χ3v) is 5.00. The molecular weight excluding hydrogens is 276 g/mol. The standard InChI is InChI=1S/C18H26N2O2/c1-13-11-16(13)18(21)19-12-17(20-9-3-4-10-20)14-5-7-15(22-2)8-6-14/h5-8,13,16-17H,3-4,9-12H2,1-2H3,(H,19,21)/t13-,16-,17+/m0/s1. The van der Waals surface area contributed by atoms with Crippen LogP contribution in [-0.2, 0) is 4.79 Å². The fourth-order valence-electron chi connectivity index (χ4n) is 3.35. The number of ether oxygens (including phenoxy) is 1. The summed E-state index contributed by atoms with van der Waals surface area (Å²) in [5.41, 5.74) is 1.26. The number of benzene rings is 1. The van der Waals surface area contributed by atoms with Crippen LogP contribution in [0, 0.1) is 11.8 Å². The highest BCUT2D eigenvalue weighted by Crippen LogP contribution is 2.37. The van der Waals surface area contributed by atoms with Crippen molar-refractivity contribution in [3.05, 3.63) is 29.8 Å². The van der Waals surface area contributed by atoms with Gasteiger partial charge in [0, 0.05) is 12.5 Å². The summed E-state index contributed by atoms with van der Waals surface area (Å²) in [6.07, 6.45) is 3.54. The minimum Gasteiger partial charge on any atom is -0.497 e. The number of methoxy groups -OCH3 is 1. The van der Waals surface area contributed by atoms with E-state index in [-0.39, 0.29) is 17.9 Å². The molecule has 1 amide bonds. The molecule has 1 saturated heterocycles. The summed E-state index contributed by atoms with van der Waals surface area (Å²) in [6.45, 7) is 5.08. The summed E-state index contributed by atoms with van der Waals surface area (Å²) >= 11 is 0. The number of hydrogen-bond acceptors (Lipinski definition) is 3. The zero-order chi connectivity index (χ0) is 15.5. The molecule has 0 radical (unpaired) electrons. The van der Waals surface area contributed by atoms with Crippen LogP contribution < -0.4 is 10.1 Å². The summed E-state index contributed by atoms with van der Waals surface area (Å²) in [6, 6.07) is 8.51. The first-order valence-corrected chi connectivity index (χ1v) is 8.34. The molecule has 0 spiro atoms. The van der Waals surface area contributed by atoms with Gasteiger partial charge in [0.2, 0.25) is 5.91 Å². The van der Waals surface area contributed by atoms with E-state index in [2.05, 4.69) is 29.3 Å². The topological polar surface area (TPSA) is 41.6 Å². The molecule has 1 N–H and O–H groups in total. The summed E-state index contributed by atoms with van der Waals surface area (Å²) in [4.78, 5) is 14.6. The Kier molecular flexibility index (Phi) is 4.67. The zero-order valence-corrected chi connectivity index (χ0v) is 13.5. The van der Waals surface area contributed by atoms with Crippen LogP contribution in [0.4, 0.5) is 0 Å². The molecule has 22 heavy (non-hydrogen) atoms. The molecule has 0 bridgehead atoms. The maximum Gasteiger partial charge on any atom is 0.223 e. The SMILES string of the molecule is COc1ccc([C@@H](CNC(=O)[C@H]2C[C@@H]2C)N2CCCC2)cc1. The predicted molar refractivity (Wildman–Crippen MR) is 86.8 cm³/mol. The Bertz CT molecular complexity index is 508. The van der Waals surface area contributed by atoms with Crippen molar-refractivity contribution < 1.29 is 9.53 Å². The Morgan fingerprint density at radius 1 is 1.32 bits per heavy atom. The number of nitrogens with zero attached hydrogens (tertiary/aromatic N) is 1. The average molecular weight is 302 g/mol. The van der Waals surface area contributed by atoms with Crippen molar-refractivity contribution in [1.82, 2.24) is 10.2 Å². The molecule has 0 unspecified atom stereocenters. The van der Waals surface area contributed by atoms with Gasteiger partial charge in [-0.3, -0.25) is 9.69 Å². The first kappa shape index (κ1) is 15.3. The van der Waals surface area contributed by atoms with Crippen molar-refractivity contribution in [3.8, 4) is 5.75 Å². The van der Waals surface area contributed by atoms with Gasteiger partial charge < -0.3 is 10.1 Å². The Balaban J connectivity index is 1.67. The highest BCUT2D eigenvalue weighted by molar-refractivity contribution is 5.81. The van der Waals surface area contributed by atoms with Crippen molar-refractivity contribution >= 4 is 5.91 Å². The Labute approximate surface area is 132 Å². The van der Waals surface area contributed by atoms with Gasteiger partial charge in [0.05, 0.1) is 13.2 Å². The van der Waals surface area contributed by atoms with E-state index < -0.39 is 0 Å². The van der Waals surface area contributed by atoms with Crippen LogP contribution in [0.15, 0.2) is 24.3 Å². The average Bonchev–Trinajstić information content (AvgIpc) is 3.04. The van der Waals surface area contributed by atoms with E-state index in [0.29, 0.717) is 12.5 Å². The van der Waals surface area contributed by atoms with Crippen molar-refractivity contribution in [3.63, 3.8) is 0 Å². The summed E-state index contributed by atoms with van der Waals surface area (Å²) in [5.74, 6) is 1.91. The van der Waals surface area contributed by atoms with E-state index in [1.54, 1.807) is 7.11 Å². The predicted octanol–water partition coefficient (Wildman–Crippen LogP) is 2.60. The molecule has 4 nitrogen and oxygen atoms in total. The van der Waals surface area contributed by atoms with Gasteiger partial charge in [-0.05, 0) is 56.0 Å². The second-order valence-electron chi connectivity index (χ2n) is 6.60. The molecule has 120 valence electrons. The Hall–Kier alpha value is -1.55.